The first kappa shape index (κ1) is 7.43. The summed E-state index contributed by atoms with van der Waals surface area (Å²) in [7, 11) is 0. The number of hydrogen-bond acceptors (Lipinski definition) is 1. The van der Waals surface area contributed by atoms with Crippen LogP contribution >= 0.6 is 22.6 Å². The van der Waals surface area contributed by atoms with Crippen LogP contribution in [-0.2, 0) is 0 Å². The highest BCUT2D eigenvalue weighted by Crippen LogP contribution is 1.93. The Hall–Kier alpha value is 0.430. The standard InChI is InChI=1S/C5H9IO/c1-2-5(7)3-4-6/h3-5,7H,2H2,1H3/b4-3+/t5-/m0/s1. The summed E-state index contributed by atoms with van der Waals surface area (Å²) in [5.41, 5.74) is 0. The van der Waals surface area contributed by atoms with Crippen molar-refractivity contribution in [3.8, 4) is 0 Å². The van der Waals surface area contributed by atoms with Gasteiger partial charge in [-0.2, -0.15) is 0 Å². The largest absolute Gasteiger partial charge is 0.389 e. The second-order valence-electron chi connectivity index (χ2n) is 1.29. The maximum Gasteiger partial charge on any atom is 0.0725 e. The van der Waals surface area contributed by atoms with Crippen molar-refractivity contribution in [3.05, 3.63) is 10.2 Å². The van der Waals surface area contributed by atoms with E-state index in [1.165, 1.54) is 0 Å². The molecule has 0 aliphatic heterocycles. The Morgan fingerprint density at radius 3 is 2.57 bits per heavy atom. The van der Waals surface area contributed by atoms with Crippen molar-refractivity contribution in [3.63, 3.8) is 0 Å². The van der Waals surface area contributed by atoms with Gasteiger partial charge in [-0.3, -0.25) is 0 Å². The molecule has 0 saturated heterocycles. The molecule has 0 aromatic rings. The quantitative estimate of drug-likeness (QED) is 0.690. The smallest absolute Gasteiger partial charge is 0.0725 e. The van der Waals surface area contributed by atoms with Gasteiger partial charge in [0.05, 0.1) is 6.10 Å². The van der Waals surface area contributed by atoms with E-state index in [0.29, 0.717) is 0 Å². The fourth-order valence-electron chi connectivity index (χ4n) is 0.220. The van der Waals surface area contributed by atoms with Crippen LogP contribution in [0.4, 0.5) is 0 Å². The lowest BCUT2D eigenvalue weighted by molar-refractivity contribution is 0.219. The van der Waals surface area contributed by atoms with Crippen molar-refractivity contribution >= 4 is 22.6 Å². The third-order valence-corrected chi connectivity index (χ3v) is 1.13. The molecule has 0 aliphatic carbocycles. The van der Waals surface area contributed by atoms with Gasteiger partial charge in [-0.1, -0.05) is 35.6 Å². The van der Waals surface area contributed by atoms with Crippen molar-refractivity contribution in [2.75, 3.05) is 0 Å². The molecule has 0 spiro atoms. The minimum Gasteiger partial charge on any atom is -0.389 e. The van der Waals surface area contributed by atoms with Crippen LogP contribution in [0.1, 0.15) is 13.3 Å². The summed E-state index contributed by atoms with van der Waals surface area (Å²) in [5, 5.41) is 8.77. The molecule has 0 aromatic heterocycles. The Labute approximate surface area is 57.6 Å². The van der Waals surface area contributed by atoms with E-state index in [9.17, 15) is 0 Å². The number of aliphatic hydroxyl groups is 1. The van der Waals surface area contributed by atoms with Crippen LogP contribution in [0.25, 0.3) is 0 Å². The topological polar surface area (TPSA) is 20.2 Å². The van der Waals surface area contributed by atoms with Crippen LogP contribution in [-0.4, -0.2) is 11.2 Å². The van der Waals surface area contributed by atoms with E-state index >= 15 is 0 Å². The SMILES string of the molecule is CC[C@H](O)/C=C/I. The van der Waals surface area contributed by atoms with Crippen molar-refractivity contribution in [2.45, 2.75) is 19.4 Å². The second kappa shape index (κ2) is 4.59. The molecule has 0 unspecified atom stereocenters. The maximum atomic E-state index is 8.77. The molecule has 0 radical (unpaired) electrons. The summed E-state index contributed by atoms with van der Waals surface area (Å²) in [6.45, 7) is 1.95. The fourth-order valence-corrected chi connectivity index (χ4v) is 0.699. The summed E-state index contributed by atoms with van der Waals surface area (Å²) in [6, 6.07) is 0. The van der Waals surface area contributed by atoms with Crippen LogP contribution in [0.3, 0.4) is 0 Å². The van der Waals surface area contributed by atoms with Gasteiger partial charge >= 0.3 is 0 Å². The number of halogens is 1. The van der Waals surface area contributed by atoms with E-state index < -0.39 is 0 Å². The minimum absolute atomic E-state index is 0.239. The number of aliphatic hydroxyl groups excluding tert-OH is 1. The molecule has 0 saturated carbocycles. The van der Waals surface area contributed by atoms with Gasteiger partial charge in [0.2, 0.25) is 0 Å². The Morgan fingerprint density at radius 2 is 2.43 bits per heavy atom. The van der Waals surface area contributed by atoms with E-state index in [1.54, 1.807) is 6.08 Å². The Morgan fingerprint density at radius 1 is 1.86 bits per heavy atom. The van der Waals surface area contributed by atoms with Crippen molar-refractivity contribution < 1.29 is 5.11 Å². The summed E-state index contributed by atoms with van der Waals surface area (Å²) >= 11 is 2.09. The zero-order valence-corrected chi connectivity index (χ0v) is 6.42. The lowest BCUT2D eigenvalue weighted by Crippen LogP contribution is -1.96. The molecule has 1 N–H and O–H groups in total. The Bertz CT molecular complexity index is 61.1. The van der Waals surface area contributed by atoms with Crippen LogP contribution in [0.5, 0.6) is 0 Å². The summed E-state index contributed by atoms with van der Waals surface area (Å²) in [4.78, 5) is 0. The van der Waals surface area contributed by atoms with E-state index in [-0.39, 0.29) is 6.10 Å². The molecule has 7 heavy (non-hydrogen) atoms. The highest BCUT2D eigenvalue weighted by atomic mass is 127. The molecule has 0 fully saturated rings. The van der Waals surface area contributed by atoms with Crippen LogP contribution in [0, 0.1) is 0 Å². The molecule has 2 heteroatoms. The summed E-state index contributed by atoms with van der Waals surface area (Å²) in [5.74, 6) is 0. The zero-order valence-electron chi connectivity index (χ0n) is 4.26. The third kappa shape index (κ3) is 4.28. The number of hydrogen-bond donors (Lipinski definition) is 1. The molecular formula is C5H9IO. The lowest BCUT2D eigenvalue weighted by atomic mass is 10.3. The molecule has 42 valence electrons. The summed E-state index contributed by atoms with van der Waals surface area (Å²) in [6.07, 6.45) is 2.33. The van der Waals surface area contributed by atoms with E-state index in [2.05, 4.69) is 22.6 Å². The monoisotopic (exact) mass is 212 g/mol. The lowest BCUT2D eigenvalue weighted by Gasteiger charge is -1.94. The van der Waals surface area contributed by atoms with Gasteiger partial charge in [0, 0.05) is 0 Å². The van der Waals surface area contributed by atoms with Gasteiger partial charge in [0.25, 0.3) is 0 Å². The first-order chi connectivity index (χ1) is 3.31. The number of rotatable bonds is 2. The minimum atomic E-state index is -0.239. The van der Waals surface area contributed by atoms with Crippen LogP contribution in [0.2, 0.25) is 0 Å². The van der Waals surface area contributed by atoms with E-state index in [4.69, 9.17) is 5.11 Å². The zero-order chi connectivity index (χ0) is 5.70. The fraction of sp³-hybridized carbons (Fsp3) is 0.600. The van der Waals surface area contributed by atoms with Gasteiger partial charge in [-0.15, -0.1) is 0 Å². The normalized spacial score (nSPS) is 15.3. The molecule has 0 heterocycles. The van der Waals surface area contributed by atoms with Crippen LogP contribution < -0.4 is 0 Å². The van der Waals surface area contributed by atoms with Gasteiger partial charge < -0.3 is 5.11 Å². The van der Waals surface area contributed by atoms with Gasteiger partial charge in [-0.05, 0) is 10.5 Å². The molecule has 1 atom stereocenters. The van der Waals surface area contributed by atoms with Crippen molar-refractivity contribution in [1.82, 2.24) is 0 Å². The molecule has 0 aliphatic rings. The first-order valence-electron chi connectivity index (χ1n) is 2.26. The molecule has 0 aromatic carbocycles. The van der Waals surface area contributed by atoms with Crippen molar-refractivity contribution in [1.29, 1.82) is 0 Å². The Balaban J connectivity index is 3.16. The molecule has 0 amide bonds. The van der Waals surface area contributed by atoms with E-state index in [0.717, 1.165) is 6.42 Å². The second-order valence-corrected chi connectivity index (χ2v) is 2.01. The summed E-state index contributed by atoms with van der Waals surface area (Å²) < 4.78 is 1.83. The molecular weight excluding hydrogens is 203 g/mol. The molecule has 0 bridgehead atoms. The Kier molecular flexibility index (Phi) is 4.87. The highest BCUT2D eigenvalue weighted by Gasteiger charge is 1.88. The van der Waals surface area contributed by atoms with Gasteiger partial charge in [0.15, 0.2) is 0 Å². The van der Waals surface area contributed by atoms with Gasteiger partial charge in [0.1, 0.15) is 0 Å². The van der Waals surface area contributed by atoms with E-state index in [1.807, 2.05) is 11.0 Å². The maximum absolute atomic E-state index is 8.77. The van der Waals surface area contributed by atoms with Crippen molar-refractivity contribution in [2.24, 2.45) is 0 Å². The predicted octanol–water partition coefficient (Wildman–Crippen LogP) is 1.71. The highest BCUT2D eigenvalue weighted by molar-refractivity contribution is 14.1. The molecule has 0 rings (SSSR count). The predicted molar refractivity (Wildman–Crippen MR) is 39.5 cm³/mol. The van der Waals surface area contributed by atoms with Gasteiger partial charge in [-0.25, -0.2) is 0 Å². The average Bonchev–Trinajstić information content (AvgIpc) is 1.68. The first-order valence-corrected chi connectivity index (χ1v) is 3.50. The average molecular weight is 212 g/mol. The third-order valence-electron chi connectivity index (χ3n) is 0.713. The van der Waals surface area contributed by atoms with Crippen LogP contribution in [0.15, 0.2) is 10.2 Å². The molecule has 1 nitrogen and oxygen atoms in total.